The molecule has 0 fully saturated rings. The van der Waals surface area contributed by atoms with Gasteiger partial charge in [-0.2, -0.15) is 5.26 Å². The van der Waals surface area contributed by atoms with Gasteiger partial charge in [-0.3, -0.25) is 0 Å². The molecule has 0 bridgehead atoms. The number of likely N-dealkylation sites (N-methyl/N-ethyl adjacent to an activating group) is 1. The van der Waals surface area contributed by atoms with Gasteiger partial charge in [0, 0.05) is 20.0 Å². The molecule has 0 saturated carbocycles. The average molecular weight is 338 g/mol. The standard InChI is InChI=1S/C18H18N4OS/c1-12-14(11-19)24-18-16(12)17(22(2)8-9-23)20-15(21-18)10-13-6-4-3-5-7-13/h3-7,23H,8-10H2,1-2H3. The van der Waals surface area contributed by atoms with E-state index in [-0.39, 0.29) is 6.61 Å². The highest BCUT2D eigenvalue weighted by Crippen LogP contribution is 2.35. The summed E-state index contributed by atoms with van der Waals surface area (Å²) in [4.78, 5) is 12.8. The zero-order valence-electron chi connectivity index (χ0n) is 13.7. The van der Waals surface area contributed by atoms with Crippen LogP contribution in [0.15, 0.2) is 30.3 Å². The highest BCUT2D eigenvalue weighted by atomic mass is 32.1. The number of hydrogen-bond donors (Lipinski definition) is 1. The van der Waals surface area contributed by atoms with Crippen LogP contribution in [0.4, 0.5) is 5.82 Å². The fraction of sp³-hybridized carbons (Fsp3) is 0.278. The van der Waals surface area contributed by atoms with Gasteiger partial charge in [0.1, 0.15) is 27.4 Å². The average Bonchev–Trinajstić information content (AvgIpc) is 2.91. The maximum Gasteiger partial charge on any atom is 0.141 e. The van der Waals surface area contributed by atoms with Crippen LogP contribution in [0, 0.1) is 18.3 Å². The van der Waals surface area contributed by atoms with Gasteiger partial charge < -0.3 is 10.0 Å². The summed E-state index contributed by atoms with van der Waals surface area (Å²) in [5.74, 6) is 1.49. The predicted molar refractivity (Wildman–Crippen MR) is 96.5 cm³/mol. The smallest absolute Gasteiger partial charge is 0.141 e. The van der Waals surface area contributed by atoms with Gasteiger partial charge in [0.05, 0.1) is 12.0 Å². The van der Waals surface area contributed by atoms with E-state index in [1.807, 2.05) is 49.2 Å². The molecule has 1 aromatic carbocycles. The molecule has 6 heteroatoms. The minimum absolute atomic E-state index is 0.0459. The largest absolute Gasteiger partial charge is 0.395 e. The van der Waals surface area contributed by atoms with E-state index in [0.717, 1.165) is 33.0 Å². The lowest BCUT2D eigenvalue weighted by molar-refractivity contribution is 0.304. The molecule has 0 aliphatic carbocycles. The molecular formula is C18H18N4OS. The fourth-order valence-corrected chi connectivity index (χ4v) is 3.65. The molecule has 2 heterocycles. The molecule has 0 saturated heterocycles. The maximum atomic E-state index is 9.32. The normalized spacial score (nSPS) is 10.8. The van der Waals surface area contributed by atoms with Crippen LogP contribution in [0.2, 0.25) is 0 Å². The molecule has 3 aromatic rings. The lowest BCUT2D eigenvalue weighted by Crippen LogP contribution is -2.23. The quantitative estimate of drug-likeness (QED) is 0.774. The number of nitrogens with zero attached hydrogens (tertiary/aromatic N) is 4. The number of benzene rings is 1. The second-order valence-electron chi connectivity index (χ2n) is 5.62. The molecule has 0 unspecified atom stereocenters. The first-order chi connectivity index (χ1) is 11.6. The number of aromatic nitrogens is 2. The van der Waals surface area contributed by atoms with Gasteiger partial charge in [0.2, 0.25) is 0 Å². The van der Waals surface area contributed by atoms with Crippen LogP contribution in [0.5, 0.6) is 0 Å². The van der Waals surface area contributed by atoms with Crippen molar-refractivity contribution in [2.75, 3.05) is 25.1 Å². The zero-order chi connectivity index (χ0) is 17.1. The molecule has 24 heavy (non-hydrogen) atoms. The molecule has 0 spiro atoms. The van der Waals surface area contributed by atoms with Gasteiger partial charge in [-0.05, 0) is 18.1 Å². The Morgan fingerprint density at radius 2 is 2.00 bits per heavy atom. The molecule has 122 valence electrons. The molecular weight excluding hydrogens is 320 g/mol. The highest BCUT2D eigenvalue weighted by molar-refractivity contribution is 7.19. The highest BCUT2D eigenvalue weighted by Gasteiger charge is 2.18. The van der Waals surface area contributed by atoms with Crippen molar-refractivity contribution in [3.8, 4) is 6.07 Å². The van der Waals surface area contributed by atoms with E-state index in [9.17, 15) is 10.4 Å². The first kappa shape index (κ1) is 16.4. The third-order valence-corrected chi connectivity index (χ3v) is 5.01. The Morgan fingerprint density at radius 1 is 1.25 bits per heavy atom. The van der Waals surface area contributed by atoms with Crippen molar-refractivity contribution in [1.29, 1.82) is 5.26 Å². The number of fused-ring (bicyclic) bond motifs is 1. The summed E-state index contributed by atoms with van der Waals surface area (Å²) in [6.45, 7) is 2.45. The molecule has 3 rings (SSSR count). The van der Waals surface area contributed by atoms with Gasteiger partial charge >= 0.3 is 0 Å². The second-order valence-corrected chi connectivity index (χ2v) is 6.62. The van der Waals surface area contributed by atoms with Gasteiger partial charge in [-0.1, -0.05) is 30.3 Å². The van der Waals surface area contributed by atoms with Crippen molar-refractivity contribution >= 4 is 27.4 Å². The Morgan fingerprint density at radius 3 is 2.67 bits per heavy atom. The summed E-state index contributed by atoms with van der Waals surface area (Å²) < 4.78 is 0. The number of hydrogen-bond acceptors (Lipinski definition) is 6. The van der Waals surface area contributed by atoms with E-state index in [1.54, 1.807) is 0 Å². The monoisotopic (exact) mass is 338 g/mol. The van der Waals surface area contributed by atoms with Gasteiger partial charge in [-0.25, -0.2) is 9.97 Å². The Balaban J connectivity index is 2.13. The Bertz CT molecular complexity index is 899. The number of aliphatic hydroxyl groups is 1. The topological polar surface area (TPSA) is 73.0 Å². The third kappa shape index (κ3) is 3.09. The number of nitriles is 1. The minimum atomic E-state index is 0.0459. The number of aliphatic hydroxyl groups excluding tert-OH is 1. The van der Waals surface area contributed by atoms with Crippen LogP contribution in [-0.2, 0) is 6.42 Å². The van der Waals surface area contributed by atoms with Gasteiger partial charge in [0.25, 0.3) is 0 Å². The molecule has 0 atom stereocenters. The molecule has 0 aliphatic heterocycles. The Hall–Kier alpha value is -2.49. The van der Waals surface area contributed by atoms with Crippen LogP contribution < -0.4 is 4.90 Å². The van der Waals surface area contributed by atoms with Crippen LogP contribution in [-0.4, -0.2) is 35.3 Å². The summed E-state index contributed by atoms with van der Waals surface area (Å²) in [6.07, 6.45) is 0.635. The minimum Gasteiger partial charge on any atom is -0.395 e. The molecule has 5 nitrogen and oxygen atoms in total. The van der Waals surface area contributed by atoms with Crippen LogP contribution in [0.25, 0.3) is 10.2 Å². The Kier molecular flexibility index (Phi) is 4.74. The molecule has 1 N–H and O–H groups in total. The van der Waals surface area contributed by atoms with Crippen molar-refractivity contribution < 1.29 is 5.11 Å². The second kappa shape index (κ2) is 6.95. The number of aryl methyl sites for hydroxylation is 1. The van der Waals surface area contributed by atoms with E-state index < -0.39 is 0 Å². The summed E-state index contributed by atoms with van der Waals surface area (Å²) in [5, 5.41) is 19.5. The van der Waals surface area contributed by atoms with E-state index in [4.69, 9.17) is 4.98 Å². The first-order valence-electron chi connectivity index (χ1n) is 7.70. The van der Waals surface area contributed by atoms with Crippen molar-refractivity contribution in [1.82, 2.24) is 9.97 Å². The SMILES string of the molecule is Cc1c(C#N)sc2nc(Cc3ccccc3)nc(N(C)CCO)c12. The molecule has 0 aliphatic rings. The lowest BCUT2D eigenvalue weighted by atomic mass is 10.1. The molecule has 0 radical (unpaired) electrons. The van der Waals surface area contributed by atoms with Crippen molar-refractivity contribution in [3.63, 3.8) is 0 Å². The molecule has 2 aromatic heterocycles. The van der Waals surface area contributed by atoms with Crippen molar-refractivity contribution in [2.45, 2.75) is 13.3 Å². The third-order valence-electron chi connectivity index (χ3n) is 3.92. The van der Waals surface area contributed by atoms with E-state index >= 15 is 0 Å². The summed E-state index contributed by atoms with van der Waals surface area (Å²) in [5.41, 5.74) is 2.05. The summed E-state index contributed by atoms with van der Waals surface area (Å²) >= 11 is 1.40. The zero-order valence-corrected chi connectivity index (χ0v) is 14.5. The molecule has 0 amide bonds. The first-order valence-corrected chi connectivity index (χ1v) is 8.51. The van der Waals surface area contributed by atoms with E-state index in [1.165, 1.54) is 11.3 Å². The van der Waals surface area contributed by atoms with Crippen LogP contribution in [0.3, 0.4) is 0 Å². The van der Waals surface area contributed by atoms with E-state index in [0.29, 0.717) is 17.8 Å². The van der Waals surface area contributed by atoms with Crippen LogP contribution in [0.1, 0.15) is 21.8 Å². The predicted octanol–water partition coefficient (Wildman–Crippen LogP) is 2.89. The number of thiophene rings is 1. The van der Waals surface area contributed by atoms with Gasteiger partial charge in [-0.15, -0.1) is 11.3 Å². The van der Waals surface area contributed by atoms with Gasteiger partial charge in [0.15, 0.2) is 0 Å². The number of rotatable bonds is 5. The van der Waals surface area contributed by atoms with Crippen molar-refractivity contribution in [3.05, 3.63) is 52.2 Å². The number of anilines is 1. The lowest BCUT2D eigenvalue weighted by Gasteiger charge is -2.19. The maximum absolute atomic E-state index is 9.32. The van der Waals surface area contributed by atoms with E-state index in [2.05, 4.69) is 11.1 Å². The Labute approximate surface area is 144 Å². The fourth-order valence-electron chi connectivity index (χ4n) is 2.66. The summed E-state index contributed by atoms with van der Waals surface area (Å²) in [7, 11) is 1.90. The van der Waals surface area contributed by atoms with Crippen molar-refractivity contribution in [2.24, 2.45) is 0 Å². The summed E-state index contributed by atoms with van der Waals surface area (Å²) in [6, 6.07) is 12.3. The van der Waals surface area contributed by atoms with Crippen LogP contribution >= 0.6 is 11.3 Å².